The number of ether oxygens (including phenoxy) is 1. The predicted octanol–water partition coefficient (Wildman–Crippen LogP) is 4.94. The molecule has 1 spiro atoms. The Kier molecular flexibility index (Phi) is 7.58. The molecule has 0 amide bonds. The maximum absolute atomic E-state index is 14.6. The van der Waals surface area contributed by atoms with Crippen molar-refractivity contribution in [3.8, 4) is 22.8 Å². The first-order valence-corrected chi connectivity index (χ1v) is 16.6. The number of anilines is 3. The molecule has 8 rings (SSSR count). The van der Waals surface area contributed by atoms with E-state index in [2.05, 4.69) is 64.1 Å². The van der Waals surface area contributed by atoms with Gasteiger partial charge < -0.3 is 20.7 Å². The van der Waals surface area contributed by atoms with Gasteiger partial charge in [-0.2, -0.15) is 4.98 Å². The lowest BCUT2D eigenvalue weighted by atomic mass is 9.68. The van der Waals surface area contributed by atoms with Crippen LogP contribution in [0.3, 0.4) is 0 Å². The van der Waals surface area contributed by atoms with Crippen LogP contribution in [0, 0.1) is 23.1 Å². The second-order valence-electron chi connectivity index (χ2n) is 14.1. The summed E-state index contributed by atoms with van der Waals surface area (Å²) in [4.78, 5) is 26.7. The van der Waals surface area contributed by atoms with Crippen molar-refractivity contribution in [3.63, 3.8) is 0 Å². The number of hydrogen-bond donors (Lipinski definition) is 2. The molecule has 13 heteroatoms. The van der Waals surface area contributed by atoms with Crippen molar-refractivity contribution in [3.05, 3.63) is 60.8 Å². The van der Waals surface area contributed by atoms with E-state index >= 15 is 0 Å². The van der Waals surface area contributed by atoms with Gasteiger partial charge in [0.15, 0.2) is 5.82 Å². The van der Waals surface area contributed by atoms with Gasteiger partial charge in [0.2, 0.25) is 5.95 Å². The van der Waals surface area contributed by atoms with Crippen LogP contribution in [0.1, 0.15) is 57.6 Å². The second-order valence-corrected chi connectivity index (χ2v) is 14.1. The van der Waals surface area contributed by atoms with E-state index in [-0.39, 0.29) is 11.2 Å². The van der Waals surface area contributed by atoms with Crippen LogP contribution in [0.4, 0.5) is 22.0 Å². The zero-order valence-electron chi connectivity index (χ0n) is 26.8. The molecular formula is C34H40FN11O. The van der Waals surface area contributed by atoms with Gasteiger partial charge in [-0.3, -0.25) is 4.90 Å². The van der Waals surface area contributed by atoms with Crippen LogP contribution in [-0.2, 0) is 0 Å². The minimum atomic E-state index is -0.351. The molecule has 1 atom stereocenters. The fraction of sp³-hybridized carbons (Fsp3) is 0.500. The third-order valence-corrected chi connectivity index (χ3v) is 10.3. The summed E-state index contributed by atoms with van der Waals surface area (Å²) >= 11 is 0. The molecule has 3 N–H and O–H groups in total. The summed E-state index contributed by atoms with van der Waals surface area (Å²) in [5, 5.41) is 11.9. The highest BCUT2D eigenvalue weighted by atomic mass is 19.1. The zero-order chi connectivity index (χ0) is 32.1. The number of benzene rings is 1. The molecule has 4 fully saturated rings. The van der Waals surface area contributed by atoms with Crippen LogP contribution in [0.5, 0.6) is 11.6 Å². The summed E-state index contributed by atoms with van der Waals surface area (Å²) in [6.45, 7) is 8.56. The van der Waals surface area contributed by atoms with Crippen LogP contribution in [0.15, 0.2) is 49.3 Å². The summed E-state index contributed by atoms with van der Waals surface area (Å²) in [5.41, 5.74) is 8.28. The maximum atomic E-state index is 14.6. The van der Waals surface area contributed by atoms with E-state index in [0.717, 1.165) is 75.4 Å². The summed E-state index contributed by atoms with van der Waals surface area (Å²) in [6, 6.07) is 7.34. The van der Waals surface area contributed by atoms with Crippen LogP contribution in [0.25, 0.3) is 11.1 Å². The lowest BCUT2D eigenvalue weighted by molar-refractivity contribution is -0.0656. The third-order valence-electron chi connectivity index (χ3n) is 10.3. The number of nitrogens with one attached hydrogen (secondary N) is 1. The van der Waals surface area contributed by atoms with Crippen LogP contribution in [-0.4, -0.2) is 78.3 Å². The first kappa shape index (κ1) is 29.9. The van der Waals surface area contributed by atoms with Crippen LogP contribution in [0.2, 0.25) is 0 Å². The Morgan fingerprint density at radius 2 is 1.89 bits per heavy atom. The van der Waals surface area contributed by atoms with Gasteiger partial charge in [-0.05, 0) is 68.2 Å². The second kappa shape index (κ2) is 11.9. The lowest BCUT2D eigenvalue weighted by Gasteiger charge is -2.57. The first-order chi connectivity index (χ1) is 22.8. The molecular weight excluding hydrogens is 597 g/mol. The van der Waals surface area contributed by atoms with E-state index in [9.17, 15) is 4.39 Å². The highest BCUT2D eigenvalue weighted by Crippen LogP contribution is 2.48. The predicted molar refractivity (Wildman–Crippen MR) is 175 cm³/mol. The minimum absolute atomic E-state index is 0.205. The van der Waals surface area contributed by atoms with E-state index < -0.39 is 0 Å². The molecule has 244 valence electrons. The monoisotopic (exact) mass is 637 g/mol. The molecule has 2 saturated heterocycles. The molecule has 0 radical (unpaired) electrons. The molecule has 1 aromatic carbocycles. The summed E-state index contributed by atoms with van der Waals surface area (Å²) in [5.74, 6) is 3.78. The maximum Gasteiger partial charge on any atom is 0.282 e. The van der Waals surface area contributed by atoms with Gasteiger partial charge in [-0.15, -0.1) is 10.2 Å². The molecule has 2 aliphatic heterocycles. The number of halogens is 1. The van der Waals surface area contributed by atoms with E-state index in [1.807, 2.05) is 6.07 Å². The van der Waals surface area contributed by atoms with Gasteiger partial charge in [0.1, 0.15) is 30.0 Å². The van der Waals surface area contributed by atoms with Crippen molar-refractivity contribution in [1.29, 1.82) is 0 Å². The van der Waals surface area contributed by atoms with Crippen molar-refractivity contribution in [2.24, 2.45) is 17.3 Å². The van der Waals surface area contributed by atoms with Crippen molar-refractivity contribution in [2.45, 2.75) is 64.0 Å². The normalized spacial score (nSPS) is 22.6. The van der Waals surface area contributed by atoms with E-state index in [1.54, 1.807) is 24.8 Å². The summed E-state index contributed by atoms with van der Waals surface area (Å²) in [7, 11) is 0. The topological polar surface area (TPSA) is 144 Å². The van der Waals surface area contributed by atoms with E-state index in [1.165, 1.54) is 18.5 Å². The molecule has 3 aromatic heterocycles. The Labute approximate surface area is 273 Å². The number of aromatic nitrogens is 7. The van der Waals surface area contributed by atoms with Crippen LogP contribution < -0.4 is 20.7 Å². The third kappa shape index (κ3) is 5.92. The average Bonchev–Trinajstić information content (AvgIpc) is 3.78. The van der Waals surface area contributed by atoms with Crippen molar-refractivity contribution < 1.29 is 9.13 Å². The quantitative estimate of drug-likeness (QED) is 0.243. The summed E-state index contributed by atoms with van der Waals surface area (Å²) in [6.07, 6.45) is 11.9. The number of hydrogen-bond acceptors (Lipinski definition) is 12. The Hall–Kier alpha value is -4.52. The molecule has 4 aromatic rings. The zero-order valence-corrected chi connectivity index (χ0v) is 26.8. The van der Waals surface area contributed by atoms with Gasteiger partial charge in [0, 0.05) is 73.1 Å². The van der Waals surface area contributed by atoms with Gasteiger partial charge in [-0.1, -0.05) is 13.8 Å². The first-order valence-electron chi connectivity index (χ1n) is 16.6. The molecule has 5 heterocycles. The molecule has 1 unspecified atom stereocenters. The van der Waals surface area contributed by atoms with Crippen LogP contribution >= 0.6 is 0 Å². The van der Waals surface area contributed by atoms with Crippen molar-refractivity contribution in [1.82, 2.24) is 40.0 Å². The van der Waals surface area contributed by atoms with Crippen molar-refractivity contribution >= 4 is 17.6 Å². The van der Waals surface area contributed by atoms with Gasteiger partial charge >= 0.3 is 0 Å². The Morgan fingerprint density at radius 3 is 2.68 bits per heavy atom. The fourth-order valence-electron chi connectivity index (χ4n) is 8.06. The number of likely N-dealkylation sites (tertiary alicyclic amines) is 1. The fourth-order valence-corrected chi connectivity index (χ4v) is 8.06. The number of nitrogen functional groups attached to an aromatic ring is 1. The Balaban J connectivity index is 0.940. The highest BCUT2D eigenvalue weighted by molar-refractivity contribution is 5.73. The lowest BCUT2D eigenvalue weighted by Crippen LogP contribution is -2.65. The molecule has 12 nitrogen and oxygen atoms in total. The molecule has 4 aliphatic rings. The number of rotatable bonds is 10. The number of nitrogens with zero attached hydrogens (tertiary/aromatic N) is 9. The molecule has 47 heavy (non-hydrogen) atoms. The smallest absolute Gasteiger partial charge is 0.282 e. The number of nitrogens with two attached hydrogens (primary N) is 1. The van der Waals surface area contributed by atoms with E-state index in [0.29, 0.717) is 58.8 Å². The SMILES string of the molecule is CC(C)C(C1CC(Nc2ccnc(N)n2)C1)N1CC2(CCN(c3ncnnc3Oc3ccc(F)cc3-c3cncnc3C3CC3)C2)C1. The largest absolute Gasteiger partial charge is 0.434 e. The summed E-state index contributed by atoms with van der Waals surface area (Å²) < 4.78 is 21.0. The molecule has 2 aliphatic carbocycles. The molecule has 2 saturated carbocycles. The van der Waals surface area contributed by atoms with E-state index in [4.69, 9.17) is 10.5 Å². The van der Waals surface area contributed by atoms with Gasteiger partial charge in [0.05, 0.1) is 5.69 Å². The standard InChI is InChI=1S/C34H40FN11O/c1-20(2)30(22-11-24(12-22)42-28-7-9-38-33(36)43-28)46-16-34(17-46)8-10-45(15-34)31-32(44-41-19-40-31)47-27-6-5-23(35)13-25(27)26-14-37-18-39-29(26)21-3-4-21/h5-7,9,13-14,18-22,24,30H,3-4,8,10-12,15-17H2,1-2H3,(H3,36,38,42,43). The molecule has 0 bridgehead atoms. The van der Waals surface area contributed by atoms with Gasteiger partial charge in [-0.25, -0.2) is 24.3 Å². The van der Waals surface area contributed by atoms with Gasteiger partial charge in [0.25, 0.3) is 5.88 Å². The Bertz CT molecular complexity index is 1760. The Morgan fingerprint density at radius 1 is 1.04 bits per heavy atom. The minimum Gasteiger partial charge on any atom is -0.434 e. The average molecular weight is 638 g/mol. The van der Waals surface area contributed by atoms with Crippen molar-refractivity contribution in [2.75, 3.05) is 42.1 Å². The highest BCUT2D eigenvalue weighted by Gasteiger charge is 2.53.